The molecule has 9 heavy (non-hydrogen) atoms. The van der Waals surface area contributed by atoms with Gasteiger partial charge in [-0.2, -0.15) is 0 Å². The first-order chi connectivity index (χ1) is 4.36. The first kappa shape index (κ1) is 4.61. The maximum Gasteiger partial charge on any atom is 0.226 e. The lowest BCUT2D eigenvalue weighted by molar-refractivity contribution is -0.141. The number of rotatable bonds is 0. The number of hydrogen-bond acceptors (Lipinski definition) is 2. The quantitative estimate of drug-likeness (QED) is 0.456. The molecule has 1 amide bonds. The Morgan fingerprint density at radius 1 is 1.67 bits per heavy atom. The van der Waals surface area contributed by atoms with Gasteiger partial charge in [-0.25, -0.2) is 0 Å². The normalized spacial score (nSPS) is 52.2. The van der Waals surface area contributed by atoms with Gasteiger partial charge in [-0.05, 0) is 6.42 Å². The molecule has 3 heteroatoms. The summed E-state index contributed by atoms with van der Waals surface area (Å²) in [6, 6.07) is 0.668. The van der Waals surface area contributed by atoms with Crippen molar-refractivity contribution >= 4 is 17.7 Å². The van der Waals surface area contributed by atoms with E-state index < -0.39 is 0 Å². The summed E-state index contributed by atoms with van der Waals surface area (Å²) >= 11 is 2.00. The Kier molecular flexibility index (Phi) is 0.586. The Balaban J connectivity index is 1.95. The topological polar surface area (TPSA) is 20.3 Å². The number of carbonyl (C=O) groups is 1. The fourth-order valence-electron chi connectivity index (χ4n) is 1.71. The Labute approximate surface area is 57.6 Å². The van der Waals surface area contributed by atoms with E-state index in [1.807, 2.05) is 11.8 Å². The Bertz CT molecular complexity index is 191. The molecule has 0 bridgehead atoms. The lowest BCUT2D eigenvalue weighted by atomic mass is 10.2. The van der Waals surface area contributed by atoms with Crippen LogP contribution in [-0.4, -0.2) is 27.5 Å². The van der Waals surface area contributed by atoms with Crippen LogP contribution in [0.1, 0.15) is 12.8 Å². The monoisotopic (exact) mass is 141 g/mol. The highest BCUT2D eigenvalue weighted by Crippen LogP contribution is 2.55. The van der Waals surface area contributed by atoms with Crippen molar-refractivity contribution in [3.63, 3.8) is 0 Å². The molecule has 3 fully saturated rings. The highest BCUT2D eigenvalue weighted by molar-refractivity contribution is 8.01. The maximum absolute atomic E-state index is 10.9. The maximum atomic E-state index is 10.9. The second-order valence-electron chi connectivity index (χ2n) is 2.94. The molecule has 2 nitrogen and oxygen atoms in total. The Morgan fingerprint density at radius 3 is 3.11 bits per heavy atom. The summed E-state index contributed by atoms with van der Waals surface area (Å²) < 4.78 is 0. The van der Waals surface area contributed by atoms with Crippen molar-refractivity contribution in [2.45, 2.75) is 29.5 Å². The van der Waals surface area contributed by atoms with Gasteiger partial charge in [0.05, 0.1) is 11.8 Å². The van der Waals surface area contributed by atoms with Crippen LogP contribution in [0.5, 0.6) is 0 Å². The number of carbonyl (C=O) groups excluding carboxylic acids is 1. The fraction of sp³-hybridized carbons (Fsp3) is 0.833. The minimum atomic E-state index is 0.387. The number of thioether (sulfide) groups is 1. The van der Waals surface area contributed by atoms with Crippen molar-refractivity contribution in [1.82, 2.24) is 4.90 Å². The predicted octanol–water partition coefficient (Wildman–Crippen LogP) is 0.432. The van der Waals surface area contributed by atoms with Crippen LogP contribution in [0.15, 0.2) is 0 Å². The third-order valence-corrected chi connectivity index (χ3v) is 3.90. The molecule has 1 saturated carbocycles. The largest absolute Gasteiger partial charge is 0.326 e. The van der Waals surface area contributed by atoms with Gasteiger partial charge < -0.3 is 4.90 Å². The number of β-lactam (4-membered cyclic amide) rings is 1. The first-order valence-electron chi connectivity index (χ1n) is 3.33. The van der Waals surface area contributed by atoms with Gasteiger partial charge in [-0.1, -0.05) is 0 Å². The molecule has 2 aliphatic heterocycles. The number of hydrogen-bond donors (Lipinski definition) is 0. The summed E-state index contributed by atoms with van der Waals surface area (Å²) in [5, 5.41) is 1.43. The average molecular weight is 141 g/mol. The van der Waals surface area contributed by atoms with Crippen LogP contribution < -0.4 is 0 Å². The third kappa shape index (κ3) is 0.397. The second kappa shape index (κ2) is 1.15. The minimum absolute atomic E-state index is 0.387. The van der Waals surface area contributed by atoms with Crippen molar-refractivity contribution in [1.29, 1.82) is 0 Å². The smallest absolute Gasteiger partial charge is 0.226 e. The van der Waals surface area contributed by atoms with Crippen molar-refractivity contribution in [3.8, 4) is 0 Å². The number of amides is 1. The van der Waals surface area contributed by atoms with E-state index in [0.29, 0.717) is 17.3 Å². The summed E-state index contributed by atoms with van der Waals surface area (Å²) in [7, 11) is 0. The molecule has 48 valence electrons. The summed E-state index contributed by atoms with van der Waals surface area (Å²) in [4.78, 5) is 12.9. The predicted molar refractivity (Wildman–Crippen MR) is 35.0 cm³/mol. The van der Waals surface area contributed by atoms with Crippen LogP contribution in [0.2, 0.25) is 0 Å². The highest BCUT2D eigenvalue weighted by atomic mass is 32.2. The van der Waals surface area contributed by atoms with Crippen LogP contribution >= 0.6 is 11.8 Å². The summed E-state index contributed by atoms with van der Waals surface area (Å²) in [6.07, 6.45) is 2.09. The molecule has 0 aromatic carbocycles. The molecule has 0 spiro atoms. The summed E-state index contributed by atoms with van der Waals surface area (Å²) in [5.41, 5.74) is 0. The van der Waals surface area contributed by atoms with Crippen molar-refractivity contribution in [2.75, 3.05) is 0 Å². The van der Waals surface area contributed by atoms with Gasteiger partial charge in [-0.15, -0.1) is 11.8 Å². The molecular formula is C6H7NOS. The van der Waals surface area contributed by atoms with E-state index in [1.165, 1.54) is 6.42 Å². The van der Waals surface area contributed by atoms with Gasteiger partial charge in [0.15, 0.2) is 0 Å². The molecule has 2 saturated heterocycles. The lowest BCUT2D eigenvalue weighted by Crippen LogP contribution is -2.49. The molecule has 2 heterocycles. The standard InChI is InChI=1S/C6H7NOS/c8-5-2-6-7(5)3-1-4(3)9-6/h3-4,6H,1-2H2/t3-,4?,6+/m0/s1. The SMILES string of the molecule is O=C1C[C@H]2SC3C[C@@H]3N12. The van der Waals surface area contributed by atoms with Crippen molar-refractivity contribution in [3.05, 3.63) is 0 Å². The van der Waals surface area contributed by atoms with E-state index in [0.717, 1.165) is 11.7 Å². The zero-order valence-corrected chi connectivity index (χ0v) is 5.73. The fourth-order valence-corrected chi connectivity index (χ4v) is 3.38. The van der Waals surface area contributed by atoms with E-state index in [1.54, 1.807) is 0 Å². The minimum Gasteiger partial charge on any atom is -0.326 e. The van der Waals surface area contributed by atoms with Crippen LogP contribution in [0.25, 0.3) is 0 Å². The van der Waals surface area contributed by atoms with Gasteiger partial charge >= 0.3 is 0 Å². The number of nitrogens with zero attached hydrogens (tertiary/aromatic N) is 1. The second-order valence-corrected chi connectivity index (χ2v) is 4.36. The van der Waals surface area contributed by atoms with Crippen LogP contribution in [0.4, 0.5) is 0 Å². The van der Waals surface area contributed by atoms with Crippen LogP contribution in [0.3, 0.4) is 0 Å². The van der Waals surface area contributed by atoms with Gasteiger partial charge in [0, 0.05) is 11.3 Å². The van der Waals surface area contributed by atoms with E-state index in [9.17, 15) is 4.79 Å². The number of fused-ring (bicyclic) bond motifs is 3. The average Bonchev–Trinajstić information content (AvgIpc) is 2.42. The molecule has 3 rings (SSSR count). The summed E-state index contributed by atoms with van der Waals surface area (Å²) in [5.74, 6) is 0.387. The molecule has 1 aliphatic carbocycles. The molecule has 3 aliphatic rings. The van der Waals surface area contributed by atoms with Crippen LogP contribution in [-0.2, 0) is 4.79 Å². The molecule has 1 unspecified atom stereocenters. The van der Waals surface area contributed by atoms with E-state index >= 15 is 0 Å². The lowest BCUT2D eigenvalue weighted by Gasteiger charge is -2.35. The molecule has 0 aromatic heterocycles. The first-order valence-corrected chi connectivity index (χ1v) is 4.27. The van der Waals surface area contributed by atoms with Crippen molar-refractivity contribution in [2.24, 2.45) is 0 Å². The van der Waals surface area contributed by atoms with Gasteiger partial charge in [0.25, 0.3) is 0 Å². The highest BCUT2D eigenvalue weighted by Gasteiger charge is 2.59. The summed E-state index contributed by atoms with van der Waals surface area (Å²) in [6.45, 7) is 0. The molecule has 0 aromatic rings. The van der Waals surface area contributed by atoms with Gasteiger partial charge in [0.1, 0.15) is 0 Å². The Hall–Kier alpha value is -0.180. The molecule has 0 radical (unpaired) electrons. The molecule has 0 N–H and O–H groups in total. The molecule has 3 atom stereocenters. The zero-order chi connectivity index (χ0) is 6.01. The molecular weight excluding hydrogens is 134 g/mol. The Morgan fingerprint density at radius 2 is 2.56 bits per heavy atom. The van der Waals surface area contributed by atoms with E-state index in [-0.39, 0.29) is 0 Å². The van der Waals surface area contributed by atoms with Crippen molar-refractivity contribution < 1.29 is 4.79 Å². The van der Waals surface area contributed by atoms with Gasteiger partial charge in [0.2, 0.25) is 5.91 Å². The van der Waals surface area contributed by atoms with Gasteiger partial charge in [-0.3, -0.25) is 4.79 Å². The zero-order valence-electron chi connectivity index (χ0n) is 4.91. The van der Waals surface area contributed by atoms with Crippen LogP contribution in [0, 0.1) is 0 Å². The third-order valence-electron chi connectivity index (χ3n) is 2.34. The van der Waals surface area contributed by atoms with E-state index in [4.69, 9.17) is 0 Å². The van der Waals surface area contributed by atoms with E-state index in [2.05, 4.69) is 4.90 Å².